The molecule has 10 heavy (non-hydrogen) atoms. The zero-order valence-electron chi connectivity index (χ0n) is 5.08. The summed E-state index contributed by atoms with van der Waals surface area (Å²) in [5.74, 6) is 0. The first-order valence-corrected chi connectivity index (χ1v) is 3.67. The van der Waals surface area contributed by atoms with Crippen LogP contribution < -0.4 is 0 Å². The Morgan fingerprint density at radius 1 is 1.60 bits per heavy atom. The highest BCUT2D eigenvalue weighted by atomic mass is 79.9. The SMILES string of the molecule is Brc1cnn2ccc[c]c12. The van der Waals surface area contributed by atoms with Crippen molar-refractivity contribution in [2.45, 2.75) is 0 Å². The molecule has 0 spiro atoms. The Morgan fingerprint density at radius 3 is 3.30 bits per heavy atom. The molecule has 0 atom stereocenters. The summed E-state index contributed by atoms with van der Waals surface area (Å²) < 4.78 is 2.75. The lowest BCUT2D eigenvalue weighted by atomic mass is 10.4. The summed E-state index contributed by atoms with van der Waals surface area (Å²) in [6, 6.07) is 6.81. The summed E-state index contributed by atoms with van der Waals surface area (Å²) in [7, 11) is 0. The molecule has 0 bridgehead atoms. The van der Waals surface area contributed by atoms with Crippen LogP contribution in [0.1, 0.15) is 0 Å². The minimum Gasteiger partial charge on any atom is -0.239 e. The summed E-state index contributed by atoms with van der Waals surface area (Å²) >= 11 is 3.35. The lowest BCUT2D eigenvalue weighted by Gasteiger charge is -1.87. The van der Waals surface area contributed by atoms with E-state index in [2.05, 4.69) is 27.1 Å². The van der Waals surface area contributed by atoms with Crippen molar-refractivity contribution in [1.82, 2.24) is 9.61 Å². The van der Waals surface area contributed by atoms with Crippen LogP contribution >= 0.6 is 15.9 Å². The van der Waals surface area contributed by atoms with E-state index in [0.29, 0.717) is 0 Å². The molecule has 0 aromatic carbocycles. The summed E-state index contributed by atoms with van der Waals surface area (Å²) in [5.41, 5.74) is 0.975. The van der Waals surface area contributed by atoms with Crippen LogP contribution in [-0.4, -0.2) is 9.61 Å². The molecule has 0 fully saturated rings. The van der Waals surface area contributed by atoms with E-state index < -0.39 is 0 Å². The first kappa shape index (κ1) is 5.92. The molecule has 3 heteroatoms. The van der Waals surface area contributed by atoms with Gasteiger partial charge in [0.1, 0.15) is 0 Å². The Kier molecular flexibility index (Phi) is 1.24. The molecule has 49 valence electrons. The molecule has 0 aliphatic carbocycles. The van der Waals surface area contributed by atoms with Crippen LogP contribution in [0.4, 0.5) is 0 Å². The molecule has 0 saturated carbocycles. The van der Waals surface area contributed by atoms with Gasteiger partial charge in [0.2, 0.25) is 0 Å². The number of pyridine rings is 1. The van der Waals surface area contributed by atoms with Gasteiger partial charge in [-0.15, -0.1) is 0 Å². The van der Waals surface area contributed by atoms with Crippen molar-refractivity contribution >= 4 is 21.4 Å². The number of hydrogen-bond donors (Lipinski definition) is 0. The van der Waals surface area contributed by atoms with E-state index in [9.17, 15) is 0 Å². The van der Waals surface area contributed by atoms with E-state index >= 15 is 0 Å². The van der Waals surface area contributed by atoms with Crippen molar-refractivity contribution in [3.05, 3.63) is 35.1 Å². The van der Waals surface area contributed by atoms with Crippen molar-refractivity contribution in [3.63, 3.8) is 0 Å². The van der Waals surface area contributed by atoms with Crippen molar-refractivity contribution in [1.29, 1.82) is 0 Å². The van der Waals surface area contributed by atoms with Crippen LogP contribution in [0, 0.1) is 6.07 Å². The molecule has 2 nitrogen and oxygen atoms in total. The van der Waals surface area contributed by atoms with E-state index in [4.69, 9.17) is 0 Å². The Labute approximate surface area is 66.6 Å². The zero-order valence-corrected chi connectivity index (χ0v) is 6.67. The van der Waals surface area contributed by atoms with Gasteiger partial charge in [-0.25, -0.2) is 4.52 Å². The Hall–Kier alpha value is -0.830. The second-order valence-electron chi connectivity index (χ2n) is 1.94. The summed E-state index contributed by atoms with van der Waals surface area (Å²) in [5, 5.41) is 4.06. The second-order valence-corrected chi connectivity index (χ2v) is 2.79. The summed E-state index contributed by atoms with van der Waals surface area (Å²) in [6.07, 6.45) is 3.64. The molecule has 2 heterocycles. The second kappa shape index (κ2) is 2.09. The molecule has 0 aliphatic rings. The third kappa shape index (κ3) is 0.743. The molecule has 0 saturated heterocycles. The number of aromatic nitrogens is 2. The van der Waals surface area contributed by atoms with E-state index in [0.717, 1.165) is 9.99 Å². The highest BCUT2D eigenvalue weighted by Crippen LogP contribution is 2.14. The van der Waals surface area contributed by atoms with Crippen LogP contribution in [0.15, 0.2) is 29.0 Å². The highest BCUT2D eigenvalue weighted by Gasteiger charge is 1.96. The fourth-order valence-electron chi connectivity index (χ4n) is 0.841. The number of hydrogen-bond acceptors (Lipinski definition) is 1. The third-order valence-electron chi connectivity index (χ3n) is 1.29. The molecular weight excluding hydrogens is 192 g/mol. The molecule has 2 aromatic heterocycles. The third-order valence-corrected chi connectivity index (χ3v) is 1.87. The predicted octanol–water partition coefficient (Wildman–Crippen LogP) is 1.90. The first-order chi connectivity index (χ1) is 4.88. The zero-order chi connectivity index (χ0) is 6.97. The van der Waals surface area contributed by atoms with Gasteiger partial charge in [-0.1, -0.05) is 6.07 Å². The van der Waals surface area contributed by atoms with Crippen molar-refractivity contribution < 1.29 is 0 Å². The van der Waals surface area contributed by atoms with Gasteiger partial charge < -0.3 is 0 Å². The standard InChI is InChI=1S/C7H4BrN2/c8-6-5-9-10-4-2-1-3-7(6)10/h1-2,4-5H. The lowest BCUT2D eigenvalue weighted by Crippen LogP contribution is -1.82. The van der Waals surface area contributed by atoms with Crippen LogP contribution in [0.5, 0.6) is 0 Å². The van der Waals surface area contributed by atoms with E-state index in [-0.39, 0.29) is 0 Å². The quantitative estimate of drug-likeness (QED) is 0.628. The molecule has 2 rings (SSSR count). The maximum absolute atomic E-state index is 4.06. The van der Waals surface area contributed by atoms with Crippen LogP contribution in [0.25, 0.3) is 5.52 Å². The van der Waals surface area contributed by atoms with E-state index in [1.165, 1.54) is 0 Å². The molecule has 2 aromatic rings. The summed E-state index contributed by atoms with van der Waals surface area (Å²) in [6.45, 7) is 0. The predicted molar refractivity (Wildman–Crippen MR) is 41.7 cm³/mol. The molecule has 0 aliphatic heterocycles. The molecular formula is C7H4BrN2. The van der Waals surface area contributed by atoms with Gasteiger partial charge in [-0.3, -0.25) is 0 Å². The van der Waals surface area contributed by atoms with E-state index in [1.807, 2.05) is 18.3 Å². The molecule has 0 amide bonds. The maximum atomic E-state index is 4.06. The maximum Gasteiger partial charge on any atom is 0.0882 e. The number of rotatable bonds is 0. The Balaban J connectivity index is 2.93. The first-order valence-electron chi connectivity index (χ1n) is 2.87. The average molecular weight is 196 g/mol. The van der Waals surface area contributed by atoms with Crippen LogP contribution in [0.3, 0.4) is 0 Å². The Morgan fingerprint density at radius 2 is 2.50 bits per heavy atom. The van der Waals surface area contributed by atoms with Gasteiger partial charge in [0.15, 0.2) is 0 Å². The van der Waals surface area contributed by atoms with E-state index in [1.54, 1.807) is 10.7 Å². The normalized spacial score (nSPS) is 10.5. The van der Waals surface area contributed by atoms with Crippen molar-refractivity contribution in [3.8, 4) is 0 Å². The monoisotopic (exact) mass is 195 g/mol. The number of fused-ring (bicyclic) bond motifs is 1. The van der Waals surface area contributed by atoms with Gasteiger partial charge in [-0.05, 0) is 22.0 Å². The van der Waals surface area contributed by atoms with Crippen molar-refractivity contribution in [2.24, 2.45) is 0 Å². The minimum absolute atomic E-state index is 0.975. The largest absolute Gasteiger partial charge is 0.239 e. The van der Waals surface area contributed by atoms with Gasteiger partial charge in [-0.2, -0.15) is 5.10 Å². The molecule has 0 N–H and O–H groups in total. The molecule has 1 radical (unpaired) electrons. The van der Waals surface area contributed by atoms with Crippen molar-refractivity contribution in [2.75, 3.05) is 0 Å². The fraction of sp³-hybridized carbons (Fsp3) is 0. The fourth-order valence-corrected chi connectivity index (χ4v) is 1.23. The minimum atomic E-state index is 0.975. The Bertz CT molecular complexity index is 353. The van der Waals surface area contributed by atoms with Crippen LogP contribution in [0.2, 0.25) is 0 Å². The lowest BCUT2D eigenvalue weighted by molar-refractivity contribution is 0.960. The van der Waals surface area contributed by atoms with Gasteiger partial charge >= 0.3 is 0 Å². The topological polar surface area (TPSA) is 17.3 Å². The number of halogens is 1. The average Bonchev–Trinajstić information content (AvgIpc) is 2.34. The van der Waals surface area contributed by atoms with Gasteiger partial charge in [0.25, 0.3) is 0 Å². The van der Waals surface area contributed by atoms with Gasteiger partial charge in [0.05, 0.1) is 16.2 Å². The molecule has 0 unspecified atom stereocenters. The number of nitrogens with zero attached hydrogens (tertiary/aromatic N) is 2. The van der Waals surface area contributed by atoms with Crippen LogP contribution in [-0.2, 0) is 0 Å². The summed E-state index contributed by atoms with van der Waals surface area (Å²) in [4.78, 5) is 0. The van der Waals surface area contributed by atoms with Gasteiger partial charge in [0, 0.05) is 12.3 Å². The smallest absolute Gasteiger partial charge is 0.0882 e. The highest BCUT2D eigenvalue weighted by molar-refractivity contribution is 9.10.